The average molecular weight is 318 g/mol. The number of aromatic amines is 1. The molecule has 126 valence electrons. The number of hydrogen-bond donors (Lipinski definition) is 1. The number of H-pyrrole nitrogens is 1. The molecule has 1 saturated heterocycles. The lowest BCUT2D eigenvalue weighted by molar-refractivity contribution is 0.107. The summed E-state index contributed by atoms with van der Waals surface area (Å²) in [6.45, 7) is 8.51. The maximum atomic E-state index is 5.71. The minimum atomic E-state index is 0.462. The van der Waals surface area contributed by atoms with Gasteiger partial charge in [0.05, 0.1) is 19.3 Å². The van der Waals surface area contributed by atoms with Gasteiger partial charge < -0.3 is 4.74 Å². The second kappa shape index (κ2) is 7.23. The first kappa shape index (κ1) is 16.1. The van der Waals surface area contributed by atoms with Gasteiger partial charge in [0.15, 0.2) is 0 Å². The fraction of sp³-hybridized carbons (Fsp3) is 0.688. The highest BCUT2D eigenvalue weighted by Gasteiger charge is 2.34. The molecule has 7 heteroatoms. The zero-order valence-electron chi connectivity index (χ0n) is 14.2. The second-order valence-electron chi connectivity index (χ2n) is 6.22. The number of ether oxygens (including phenoxy) is 1. The highest BCUT2D eigenvalue weighted by atomic mass is 16.5. The minimum Gasteiger partial charge on any atom is -0.381 e. The van der Waals surface area contributed by atoms with Crippen molar-refractivity contribution in [2.75, 3.05) is 26.3 Å². The Hall–Kier alpha value is -1.73. The summed E-state index contributed by atoms with van der Waals surface area (Å²) in [7, 11) is 1.97. The van der Waals surface area contributed by atoms with E-state index in [-0.39, 0.29) is 0 Å². The molecule has 0 aliphatic carbocycles. The van der Waals surface area contributed by atoms with E-state index in [0.717, 1.165) is 50.9 Å². The molecule has 0 aromatic carbocycles. The Morgan fingerprint density at radius 2 is 2.22 bits per heavy atom. The number of hydrogen-bond acceptors (Lipinski definition) is 5. The smallest absolute Gasteiger partial charge is 0.150 e. The molecular weight excluding hydrogens is 292 g/mol. The maximum absolute atomic E-state index is 5.71. The lowest BCUT2D eigenvalue weighted by atomic mass is 9.92. The largest absolute Gasteiger partial charge is 0.381 e. The molecule has 7 nitrogen and oxygen atoms in total. The quantitative estimate of drug-likeness (QED) is 0.834. The lowest BCUT2D eigenvalue weighted by Gasteiger charge is -2.16. The van der Waals surface area contributed by atoms with E-state index in [2.05, 4.69) is 38.3 Å². The van der Waals surface area contributed by atoms with Gasteiger partial charge in [-0.15, -0.1) is 0 Å². The van der Waals surface area contributed by atoms with Gasteiger partial charge in [0.1, 0.15) is 11.6 Å². The van der Waals surface area contributed by atoms with Crippen molar-refractivity contribution in [1.82, 2.24) is 29.9 Å². The Labute approximate surface area is 137 Å². The van der Waals surface area contributed by atoms with Gasteiger partial charge in [0, 0.05) is 51.2 Å². The Morgan fingerprint density at radius 3 is 2.87 bits per heavy atom. The number of nitrogens with zero attached hydrogens (tertiary/aromatic N) is 5. The molecule has 1 N–H and O–H groups in total. The number of likely N-dealkylation sites (tertiary alicyclic amines) is 1. The Balaban J connectivity index is 1.68. The lowest BCUT2D eigenvalue weighted by Crippen LogP contribution is -2.22. The molecule has 1 aliphatic rings. The van der Waals surface area contributed by atoms with Crippen LogP contribution in [0.4, 0.5) is 0 Å². The van der Waals surface area contributed by atoms with Crippen molar-refractivity contribution in [3.63, 3.8) is 0 Å². The van der Waals surface area contributed by atoms with E-state index in [9.17, 15) is 0 Å². The van der Waals surface area contributed by atoms with Gasteiger partial charge in [-0.3, -0.25) is 14.7 Å². The summed E-state index contributed by atoms with van der Waals surface area (Å²) in [6, 6.07) is 0. The van der Waals surface area contributed by atoms with Crippen molar-refractivity contribution < 1.29 is 4.74 Å². The van der Waals surface area contributed by atoms with Gasteiger partial charge in [-0.05, 0) is 12.5 Å². The van der Waals surface area contributed by atoms with Gasteiger partial charge in [-0.25, -0.2) is 4.98 Å². The molecule has 3 rings (SSSR count). The van der Waals surface area contributed by atoms with Crippen molar-refractivity contribution in [2.45, 2.75) is 32.7 Å². The maximum Gasteiger partial charge on any atom is 0.150 e. The molecule has 0 spiro atoms. The van der Waals surface area contributed by atoms with Crippen LogP contribution >= 0.6 is 0 Å². The van der Waals surface area contributed by atoms with Crippen molar-refractivity contribution >= 4 is 0 Å². The monoisotopic (exact) mass is 318 g/mol. The zero-order chi connectivity index (χ0) is 16.2. The van der Waals surface area contributed by atoms with Gasteiger partial charge >= 0.3 is 0 Å². The van der Waals surface area contributed by atoms with Crippen molar-refractivity contribution in [2.24, 2.45) is 13.0 Å². The van der Waals surface area contributed by atoms with Crippen molar-refractivity contribution in [1.29, 1.82) is 0 Å². The standard InChI is InChI=1S/C16H26N6O/c1-4-15-18-16(20-19-15)10-22-8-13(11-23-5-2)14(9-22)12-6-17-21(3)7-12/h6-7,13-14H,4-5,8-11H2,1-3H3,(H,18,19,20)/t13-,14-/m0/s1. The van der Waals surface area contributed by atoms with Gasteiger partial charge in [0.2, 0.25) is 0 Å². The minimum absolute atomic E-state index is 0.462. The van der Waals surface area contributed by atoms with E-state index in [1.54, 1.807) is 0 Å². The molecule has 3 heterocycles. The van der Waals surface area contributed by atoms with E-state index in [0.29, 0.717) is 11.8 Å². The number of nitrogens with one attached hydrogen (secondary N) is 1. The summed E-state index contributed by atoms with van der Waals surface area (Å²) in [6.07, 6.45) is 4.97. The Kier molecular flexibility index (Phi) is 5.07. The molecule has 1 fully saturated rings. The summed E-state index contributed by atoms with van der Waals surface area (Å²) in [5.74, 6) is 2.79. The SMILES string of the molecule is CCOC[C@@H]1CN(Cc2nc(CC)n[nH]2)C[C@H]1c1cnn(C)c1. The molecule has 0 amide bonds. The van der Waals surface area contributed by atoms with E-state index in [4.69, 9.17) is 4.74 Å². The third-order valence-corrected chi connectivity index (χ3v) is 4.47. The normalized spacial score (nSPS) is 22.0. The van der Waals surface area contributed by atoms with Crippen LogP contribution in [0.3, 0.4) is 0 Å². The van der Waals surface area contributed by atoms with Gasteiger partial charge in [0.25, 0.3) is 0 Å². The molecule has 23 heavy (non-hydrogen) atoms. The summed E-state index contributed by atoms with van der Waals surface area (Å²) >= 11 is 0. The van der Waals surface area contributed by atoms with Crippen LogP contribution in [0, 0.1) is 5.92 Å². The van der Waals surface area contributed by atoms with Crippen molar-refractivity contribution in [3.05, 3.63) is 29.6 Å². The number of aromatic nitrogens is 5. The second-order valence-corrected chi connectivity index (χ2v) is 6.22. The van der Waals surface area contributed by atoms with Crippen LogP contribution in [0.1, 0.15) is 37.0 Å². The highest BCUT2D eigenvalue weighted by Crippen LogP contribution is 2.33. The molecule has 0 radical (unpaired) electrons. The summed E-state index contributed by atoms with van der Waals surface area (Å²) in [5.41, 5.74) is 1.30. The van der Waals surface area contributed by atoms with Crippen LogP contribution in [0.2, 0.25) is 0 Å². The van der Waals surface area contributed by atoms with E-state index in [1.165, 1.54) is 5.56 Å². The fourth-order valence-electron chi connectivity index (χ4n) is 3.31. The predicted molar refractivity (Wildman–Crippen MR) is 87.0 cm³/mol. The van der Waals surface area contributed by atoms with E-state index >= 15 is 0 Å². The molecule has 2 aromatic heterocycles. The highest BCUT2D eigenvalue weighted by molar-refractivity contribution is 5.16. The molecule has 2 aromatic rings. The first-order chi connectivity index (χ1) is 11.2. The van der Waals surface area contributed by atoms with Crippen LogP contribution in [0.5, 0.6) is 0 Å². The van der Waals surface area contributed by atoms with Gasteiger partial charge in [-0.1, -0.05) is 6.92 Å². The van der Waals surface area contributed by atoms with Crippen LogP contribution < -0.4 is 0 Å². The number of aryl methyl sites for hydroxylation is 2. The first-order valence-electron chi connectivity index (χ1n) is 8.38. The van der Waals surface area contributed by atoms with Crippen LogP contribution in [-0.4, -0.2) is 56.2 Å². The third-order valence-electron chi connectivity index (χ3n) is 4.47. The average Bonchev–Trinajstić information content (AvgIpc) is 3.25. The first-order valence-corrected chi connectivity index (χ1v) is 8.38. The number of rotatable bonds is 7. The Bertz CT molecular complexity index is 622. The predicted octanol–water partition coefficient (Wildman–Crippen LogP) is 1.35. The molecular formula is C16H26N6O. The third kappa shape index (κ3) is 3.79. The molecule has 2 atom stereocenters. The molecule has 1 aliphatic heterocycles. The van der Waals surface area contributed by atoms with Gasteiger partial charge in [-0.2, -0.15) is 10.2 Å². The molecule has 0 unspecified atom stereocenters. The van der Waals surface area contributed by atoms with Crippen LogP contribution in [0.25, 0.3) is 0 Å². The molecule has 0 saturated carbocycles. The van der Waals surface area contributed by atoms with E-state index < -0.39 is 0 Å². The van der Waals surface area contributed by atoms with E-state index in [1.807, 2.05) is 24.9 Å². The fourth-order valence-corrected chi connectivity index (χ4v) is 3.31. The molecule has 0 bridgehead atoms. The zero-order valence-corrected chi connectivity index (χ0v) is 14.2. The van der Waals surface area contributed by atoms with Crippen LogP contribution in [-0.2, 0) is 24.8 Å². The summed E-state index contributed by atoms with van der Waals surface area (Å²) < 4.78 is 7.58. The topological polar surface area (TPSA) is 71.9 Å². The summed E-state index contributed by atoms with van der Waals surface area (Å²) in [5, 5.41) is 11.6. The summed E-state index contributed by atoms with van der Waals surface area (Å²) in [4.78, 5) is 6.96. The van der Waals surface area contributed by atoms with Crippen LogP contribution in [0.15, 0.2) is 12.4 Å². The Morgan fingerprint density at radius 1 is 1.35 bits per heavy atom. The van der Waals surface area contributed by atoms with Crippen molar-refractivity contribution in [3.8, 4) is 0 Å².